The molecule has 0 radical (unpaired) electrons. The molecule has 0 aliphatic carbocycles. The zero-order valence-electron chi connectivity index (χ0n) is 66.4. The summed E-state index contributed by atoms with van der Waals surface area (Å²) in [5, 5.41) is 28.8. The summed E-state index contributed by atoms with van der Waals surface area (Å²) in [7, 11) is 3.73. The average molecular weight is 1420 g/mol. The molecule has 582 valence electrons. The van der Waals surface area contributed by atoms with Crippen LogP contribution >= 0.6 is 21.6 Å². The van der Waals surface area contributed by atoms with Crippen LogP contribution in [0.25, 0.3) is 0 Å². The van der Waals surface area contributed by atoms with Crippen molar-refractivity contribution < 1.29 is 29.3 Å². The maximum Gasteiger partial charge on any atom is 0.306 e. The number of allylic oxidation sites excluding steroid dienone is 2. The predicted molar refractivity (Wildman–Crippen MR) is 433 cm³/mol. The first kappa shape index (κ1) is 96.6. The van der Waals surface area contributed by atoms with Crippen molar-refractivity contribution >= 4 is 39.4 Å². The molecule has 0 aromatic carbocycles. The summed E-state index contributed by atoms with van der Waals surface area (Å²) in [5.74, 6) is 1.67. The number of amides is 2. The Bertz CT molecular complexity index is 1630. The normalized spacial score (nSPS) is 12.9. The fourth-order valence-corrected chi connectivity index (χ4v) is 15.9. The van der Waals surface area contributed by atoms with Gasteiger partial charge in [0.1, 0.15) is 12.1 Å². The number of rotatable bonds is 81. The molecule has 98 heavy (non-hydrogen) atoms. The van der Waals surface area contributed by atoms with E-state index in [1.807, 2.05) is 21.6 Å². The highest BCUT2D eigenvalue weighted by atomic mass is 33.1. The van der Waals surface area contributed by atoms with Gasteiger partial charge in [-0.15, -0.1) is 0 Å². The van der Waals surface area contributed by atoms with E-state index in [1.165, 1.54) is 276 Å². The second-order valence-electron chi connectivity index (χ2n) is 29.8. The summed E-state index contributed by atoms with van der Waals surface area (Å²) in [5.41, 5.74) is 0. The summed E-state index contributed by atoms with van der Waals surface area (Å²) in [6.07, 6.45) is 71.4. The minimum atomic E-state index is -0.589. The molecule has 11 nitrogen and oxygen atoms in total. The van der Waals surface area contributed by atoms with Crippen LogP contribution in [-0.4, -0.2) is 144 Å². The van der Waals surface area contributed by atoms with Gasteiger partial charge in [-0.2, -0.15) is 0 Å². The number of carbonyl (C=O) groups is 3. The lowest BCUT2D eigenvalue weighted by molar-refractivity contribution is -0.150. The standard InChI is InChI=1S/C85H169N5O6S2/c1-8-15-20-25-30-33-34-35-36-37-38-39-40-43-50-57-70-89(71-58-51-44-49-56-67-84(94)96-81(64-54-47-28-23-18-11-4)65-55-48-29-24-19-12-5)72-59-60-75-97-98-76-68-82(85(95)86-69-74-88(13-6)14-7)87-83(93)66-61-73-90(77-79(91)62-52-45-41-31-26-21-16-9-2)78-80(92)63-53-46-42-32-27-22-17-10-3/h35-36,79-82,91-92H,8-34,37-78H2,1-7H3,(H,86,95)(H,87,93)/b36-35-. The Kier molecular flexibility index (Phi) is 77.2. The molecule has 3 atom stereocenters. The topological polar surface area (TPSA) is 135 Å². The fourth-order valence-electron chi connectivity index (χ4n) is 13.7. The second-order valence-corrected chi connectivity index (χ2v) is 32.5. The molecule has 0 fully saturated rings. The van der Waals surface area contributed by atoms with Crippen LogP contribution < -0.4 is 10.6 Å². The van der Waals surface area contributed by atoms with Gasteiger partial charge in [0.15, 0.2) is 0 Å². The summed E-state index contributed by atoms with van der Waals surface area (Å²) in [4.78, 5) is 47.9. The smallest absolute Gasteiger partial charge is 0.306 e. The number of hydrogen-bond acceptors (Lipinski definition) is 11. The lowest BCUT2D eigenvalue weighted by atomic mass is 10.0. The van der Waals surface area contributed by atoms with Crippen molar-refractivity contribution in [1.82, 2.24) is 25.3 Å². The van der Waals surface area contributed by atoms with Crippen LogP contribution in [0, 0.1) is 0 Å². The predicted octanol–water partition coefficient (Wildman–Crippen LogP) is 23.4. The molecule has 3 unspecified atom stereocenters. The zero-order chi connectivity index (χ0) is 71.5. The number of carbonyl (C=O) groups excluding carboxylic acids is 3. The van der Waals surface area contributed by atoms with E-state index in [2.05, 4.69) is 86.0 Å². The summed E-state index contributed by atoms with van der Waals surface area (Å²) in [6, 6.07) is -0.589. The van der Waals surface area contributed by atoms with Crippen molar-refractivity contribution in [3.63, 3.8) is 0 Å². The molecule has 0 bridgehead atoms. The Morgan fingerprint density at radius 3 is 1.17 bits per heavy atom. The molecule has 0 aromatic rings. The number of esters is 1. The van der Waals surface area contributed by atoms with E-state index in [0.29, 0.717) is 51.9 Å². The van der Waals surface area contributed by atoms with Crippen LogP contribution in [0.3, 0.4) is 0 Å². The van der Waals surface area contributed by atoms with Crippen molar-refractivity contribution in [2.75, 3.05) is 77.0 Å². The summed E-state index contributed by atoms with van der Waals surface area (Å²) >= 11 is 0. The van der Waals surface area contributed by atoms with E-state index in [-0.39, 0.29) is 23.9 Å². The Morgan fingerprint density at radius 1 is 0.367 bits per heavy atom. The molecule has 0 saturated heterocycles. The highest BCUT2D eigenvalue weighted by molar-refractivity contribution is 8.76. The van der Waals surface area contributed by atoms with Gasteiger partial charge in [0.25, 0.3) is 0 Å². The molecule has 2 amide bonds. The number of nitrogens with zero attached hydrogens (tertiary/aromatic N) is 3. The highest BCUT2D eigenvalue weighted by Gasteiger charge is 2.22. The van der Waals surface area contributed by atoms with E-state index in [1.54, 1.807) is 0 Å². The number of nitrogens with one attached hydrogen (secondary N) is 2. The first-order valence-corrected chi connectivity index (χ1v) is 45.7. The van der Waals surface area contributed by atoms with Gasteiger partial charge < -0.3 is 35.4 Å². The van der Waals surface area contributed by atoms with Crippen LogP contribution in [0.15, 0.2) is 12.2 Å². The molecule has 0 aromatic heterocycles. The Hall–Kier alpha value is -1.35. The molecule has 0 heterocycles. The lowest BCUT2D eigenvalue weighted by Crippen LogP contribution is -2.48. The third-order valence-corrected chi connectivity index (χ3v) is 22.8. The number of unbranched alkanes of at least 4 members (excludes halogenated alkanes) is 41. The minimum absolute atomic E-state index is 0.0295. The van der Waals surface area contributed by atoms with E-state index < -0.39 is 18.2 Å². The van der Waals surface area contributed by atoms with Gasteiger partial charge in [-0.05, 0) is 148 Å². The largest absolute Gasteiger partial charge is 0.462 e. The van der Waals surface area contributed by atoms with Crippen LogP contribution in [-0.2, 0) is 19.1 Å². The zero-order valence-corrected chi connectivity index (χ0v) is 68.1. The molecule has 0 saturated carbocycles. The van der Waals surface area contributed by atoms with E-state index in [4.69, 9.17) is 4.74 Å². The molecule has 0 aliphatic rings. The molecule has 4 N–H and O–H groups in total. The number of aliphatic hydroxyl groups is 2. The average Bonchev–Trinajstić information content (AvgIpc) is 1.14. The number of ether oxygens (including phenoxy) is 1. The van der Waals surface area contributed by atoms with Gasteiger partial charge in [0.2, 0.25) is 11.8 Å². The van der Waals surface area contributed by atoms with Crippen LogP contribution in [0.2, 0.25) is 0 Å². The van der Waals surface area contributed by atoms with Crippen molar-refractivity contribution in [3.8, 4) is 0 Å². The van der Waals surface area contributed by atoms with Crippen LogP contribution in [0.4, 0.5) is 0 Å². The third-order valence-electron chi connectivity index (χ3n) is 20.3. The van der Waals surface area contributed by atoms with Crippen molar-refractivity contribution in [2.24, 2.45) is 0 Å². The van der Waals surface area contributed by atoms with Crippen molar-refractivity contribution in [2.45, 2.75) is 439 Å². The van der Waals surface area contributed by atoms with Crippen molar-refractivity contribution in [3.05, 3.63) is 12.2 Å². The van der Waals surface area contributed by atoms with Gasteiger partial charge in [-0.1, -0.05) is 326 Å². The molecular weight excluding hydrogens is 1250 g/mol. The van der Waals surface area contributed by atoms with Gasteiger partial charge in [0, 0.05) is 50.5 Å². The van der Waals surface area contributed by atoms with Gasteiger partial charge in [-0.25, -0.2) is 0 Å². The molecule has 0 spiro atoms. The molecule has 13 heteroatoms. The van der Waals surface area contributed by atoms with Gasteiger partial charge in [-0.3, -0.25) is 19.3 Å². The number of likely N-dealkylation sites (N-methyl/N-ethyl adjacent to an activating group) is 1. The highest BCUT2D eigenvalue weighted by Crippen LogP contribution is 2.25. The fraction of sp³-hybridized carbons (Fsp3) is 0.941. The van der Waals surface area contributed by atoms with E-state index in [0.717, 1.165) is 115 Å². The van der Waals surface area contributed by atoms with Crippen LogP contribution in [0.5, 0.6) is 0 Å². The number of hydrogen-bond donors (Lipinski definition) is 4. The molecule has 0 rings (SSSR count). The van der Waals surface area contributed by atoms with Gasteiger partial charge >= 0.3 is 5.97 Å². The Balaban J connectivity index is 5.45. The van der Waals surface area contributed by atoms with Gasteiger partial charge in [0.05, 0.1) is 12.2 Å². The maximum atomic E-state index is 13.8. The molecule has 0 aliphatic heterocycles. The summed E-state index contributed by atoms with van der Waals surface area (Å²) < 4.78 is 6.17. The summed E-state index contributed by atoms with van der Waals surface area (Å²) in [6.45, 7) is 24.0. The first-order valence-electron chi connectivity index (χ1n) is 43.3. The van der Waals surface area contributed by atoms with Crippen molar-refractivity contribution in [1.29, 1.82) is 0 Å². The SMILES string of the molecule is CCCCCCCC/C=C\CCCCCCCCN(CCCCCCCC(=O)OC(CCCCCCCC)CCCCCCCC)CCCCSSCCC(NC(=O)CCCN(CC(O)CCCCCCCCCC)CC(O)CCCCCCCCCC)C(=O)NCCN(CC)CC. The monoisotopic (exact) mass is 1420 g/mol. The third kappa shape index (κ3) is 69.0. The van der Waals surface area contributed by atoms with Crippen LogP contribution in [0.1, 0.15) is 414 Å². The Labute approximate surface area is 618 Å². The first-order chi connectivity index (χ1) is 48.1. The molecular formula is C85H169N5O6S2. The Morgan fingerprint density at radius 2 is 0.735 bits per heavy atom. The number of aliphatic hydroxyl groups excluding tert-OH is 2. The van der Waals surface area contributed by atoms with E-state index >= 15 is 0 Å². The maximum absolute atomic E-state index is 13.8. The van der Waals surface area contributed by atoms with E-state index in [9.17, 15) is 24.6 Å². The minimum Gasteiger partial charge on any atom is -0.462 e. The lowest BCUT2D eigenvalue weighted by Gasteiger charge is -2.27. The quantitative estimate of drug-likeness (QED) is 0.0201. The second kappa shape index (κ2) is 78.2.